The summed E-state index contributed by atoms with van der Waals surface area (Å²) in [4.78, 5) is 22.1. The quantitative estimate of drug-likeness (QED) is 0.599. The lowest BCUT2D eigenvalue weighted by atomic mass is 9.80. The Labute approximate surface area is 191 Å². The average Bonchev–Trinajstić information content (AvgIpc) is 2.84. The first-order valence-electron chi connectivity index (χ1n) is 11.9. The van der Waals surface area contributed by atoms with Crippen LogP contribution in [0.3, 0.4) is 0 Å². The van der Waals surface area contributed by atoms with Crippen molar-refractivity contribution in [1.29, 1.82) is 0 Å². The molecule has 172 valence electrons. The van der Waals surface area contributed by atoms with Gasteiger partial charge in [-0.3, -0.25) is 14.7 Å². The molecule has 1 unspecified atom stereocenters. The molecule has 6 heteroatoms. The Morgan fingerprint density at radius 2 is 2.03 bits per heavy atom. The summed E-state index contributed by atoms with van der Waals surface area (Å²) in [5.74, 6) is 1.44. The SMILES string of the molecule is COc1ccc2c(c1)CCCC2CC(=O)N(CCCN1CCOCC1)Cc1ccncc1. The smallest absolute Gasteiger partial charge is 0.223 e. The van der Waals surface area contributed by atoms with Crippen LogP contribution in [0, 0.1) is 0 Å². The molecule has 0 radical (unpaired) electrons. The van der Waals surface area contributed by atoms with E-state index in [1.807, 2.05) is 23.1 Å². The third-order valence-electron chi connectivity index (χ3n) is 6.69. The molecule has 4 rings (SSSR count). The van der Waals surface area contributed by atoms with Gasteiger partial charge in [0.1, 0.15) is 5.75 Å². The van der Waals surface area contributed by atoms with Gasteiger partial charge in [-0.15, -0.1) is 0 Å². The standard InChI is InChI=1S/C26H35N3O3/c1-31-24-6-7-25-22(18-24)4-2-5-23(25)19-26(30)29(20-21-8-10-27-11-9-21)13-3-12-28-14-16-32-17-15-28/h6-11,18,23H,2-5,12-17,19-20H2,1H3. The number of carbonyl (C=O) groups excluding carboxylic acids is 1. The zero-order valence-corrected chi connectivity index (χ0v) is 19.2. The van der Waals surface area contributed by atoms with Crippen LogP contribution in [0.1, 0.15) is 48.3 Å². The molecule has 1 aliphatic carbocycles. The molecule has 1 atom stereocenters. The molecule has 1 fully saturated rings. The average molecular weight is 438 g/mol. The third kappa shape index (κ3) is 6.08. The first-order valence-corrected chi connectivity index (χ1v) is 11.9. The lowest BCUT2D eigenvalue weighted by Crippen LogP contribution is -2.39. The Hall–Kier alpha value is -2.44. The number of morpholine rings is 1. The molecular formula is C26H35N3O3. The van der Waals surface area contributed by atoms with Gasteiger partial charge in [0, 0.05) is 51.5 Å². The fourth-order valence-corrected chi connectivity index (χ4v) is 4.88. The van der Waals surface area contributed by atoms with E-state index in [1.165, 1.54) is 11.1 Å². The van der Waals surface area contributed by atoms with Gasteiger partial charge in [-0.1, -0.05) is 6.07 Å². The van der Waals surface area contributed by atoms with Crippen LogP contribution in [0.25, 0.3) is 0 Å². The Kier molecular flexibility index (Phi) is 8.13. The van der Waals surface area contributed by atoms with E-state index in [4.69, 9.17) is 9.47 Å². The first kappa shape index (κ1) is 22.7. The van der Waals surface area contributed by atoms with Crippen molar-refractivity contribution < 1.29 is 14.3 Å². The Morgan fingerprint density at radius 3 is 2.81 bits per heavy atom. The molecule has 1 amide bonds. The van der Waals surface area contributed by atoms with Gasteiger partial charge >= 0.3 is 0 Å². The predicted molar refractivity (Wildman–Crippen MR) is 125 cm³/mol. The van der Waals surface area contributed by atoms with E-state index in [9.17, 15) is 4.79 Å². The van der Waals surface area contributed by atoms with E-state index < -0.39 is 0 Å². The molecule has 1 aliphatic heterocycles. The molecular weight excluding hydrogens is 402 g/mol. The molecule has 6 nitrogen and oxygen atoms in total. The second-order valence-electron chi connectivity index (χ2n) is 8.84. The molecule has 1 aromatic heterocycles. The Bertz CT molecular complexity index is 868. The van der Waals surface area contributed by atoms with E-state index in [2.05, 4.69) is 22.0 Å². The predicted octanol–water partition coefficient (Wildman–Crippen LogP) is 3.65. The molecule has 0 spiro atoms. The third-order valence-corrected chi connectivity index (χ3v) is 6.69. The van der Waals surface area contributed by atoms with Crippen molar-refractivity contribution in [3.63, 3.8) is 0 Å². The Balaban J connectivity index is 1.41. The maximum Gasteiger partial charge on any atom is 0.223 e. The largest absolute Gasteiger partial charge is 0.497 e. The van der Waals surface area contributed by atoms with Crippen LogP contribution in [0.2, 0.25) is 0 Å². The lowest BCUT2D eigenvalue weighted by molar-refractivity contribution is -0.132. The van der Waals surface area contributed by atoms with Crippen LogP contribution in [-0.4, -0.2) is 67.2 Å². The minimum Gasteiger partial charge on any atom is -0.497 e. The number of benzene rings is 1. The van der Waals surface area contributed by atoms with Gasteiger partial charge in [-0.25, -0.2) is 0 Å². The van der Waals surface area contributed by atoms with Crippen molar-refractivity contribution in [2.45, 2.75) is 44.6 Å². The zero-order valence-electron chi connectivity index (χ0n) is 19.2. The van der Waals surface area contributed by atoms with Gasteiger partial charge in [-0.2, -0.15) is 0 Å². The maximum atomic E-state index is 13.5. The number of hydrogen-bond donors (Lipinski definition) is 0. The van der Waals surface area contributed by atoms with Crippen molar-refractivity contribution in [1.82, 2.24) is 14.8 Å². The Morgan fingerprint density at radius 1 is 1.22 bits per heavy atom. The monoisotopic (exact) mass is 437 g/mol. The number of pyridine rings is 1. The van der Waals surface area contributed by atoms with Crippen LogP contribution in [-0.2, 0) is 22.5 Å². The summed E-state index contributed by atoms with van der Waals surface area (Å²) >= 11 is 0. The highest BCUT2D eigenvalue weighted by Gasteiger charge is 2.25. The minimum absolute atomic E-state index is 0.248. The topological polar surface area (TPSA) is 54.9 Å². The zero-order chi connectivity index (χ0) is 22.2. The number of carbonyl (C=O) groups is 1. The fraction of sp³-hybridized carbons (Fsp3) is 0.538. The number of nitrogens with zero attached hydrogens (tertiary/aromatic N) is 3. The summed E-state index contributed by atoms with van der Waals surface area (Å²) in [7, 11) is 1.71. The first-order chi connectivity index (χ1) is 15.7. The molecule has 0 N–H and O–H groups in total. The number of fused-ring (bicyclic) bond motifs is 1. The van der Waals surface area contributed by atoms with Gasteiger partial charge in [-0.05, 0) is 72.6 Å². The van der Waals surface area contributed by atoms with Gasteiger partial charge in [0.2, 0.25) is 5.91 Å². The number of methoxy groups -OCH3 is 1. The number of hydrogen-bond acceptors (Lipinski definition) is 5. The minimum atomic E-state index is 0.248. The molecule has 1 aromatic carbocycles. The van der Waals surface area contributed by atoms with Crippen molar-refractivity contribution >= 4 is 5.91 Å². The fourth-order valence-electron chi connectivity index (χ4n) is 4.88. The van der Waals surface area contributed by atoms with Crippen LogP contribution in [0.5, 0.6) is 5.75 Å². The normalized spacial score (nSPS) is 18.7. The lowest BCUT2D eigenvalue weighted by Gasteiger charge is -2.30. The summed E-state index contributed by atoms with van der Waals surface area (Å²) in [6, 6.07) is 10.3. The van der Waals surface area contributed by atoms with Crippen LogP contribution in [0.15, 0.2) is 42.7 Å². The molecule has 2 aliphatic rings. The van der Waals surface area contributed by atoms with E-state index >= 15 is 0 Å². The molecule has 1 saturated heterocycles. The highest BCUT2D eigenvalue weighted by atomic mass is 16.5. The van der Waals surface area contributed by atoms with Crippen molar-refractivity contribution in [2.24, 2.45) is 0 Å². The molecule has 2 aromatic rings. The summed E-state index contributed by atoms with van der Waals surface area (Å²) < 4.78 is 10.9. The highest BCUT2D eigenvalue weighted by Crippen LogP contribution is 2.36. The summed E-state index contributed by atoms with van der Waals surface area (Å²) in [5.41, 5.74) is 3.79. The maximum absolute atomic E-state index is 13.5. The molecule has 0 bridgehead atoms. The number of rotatable bonds is 9. The van der Waals surface area contributed by atoms with Gasteiger partial charge in [0.25, 0.3) is 0 Å². The number of amides is 1. The van der Waals surface area contributed by atoms with Crippen molar-refractivity contribution in [3.05, 3.63) is 59.4 Å². The van der Waals surface area contributed by atoms with Crippen LogP contribution < -0.4 is 4.74 Å². The summed E-state index contributed by atoms with van der Waals surface area (Å²) in [6.45, 7) is 6.03. The van der Waals surface area contributed by atoms with Gasteiger partial charge in [0.05, 0.1) is 20.3 Å². The second kappa shape index (κ2) is 11.4. The number of aryl methyl sites for hydroxylation is 1. The number of ether oxygens (including phenoxy) is 2. The van der Waals surface area contributed by atoms with Crippen molar-refractivity contribution in [3.8, 4) is 5.75 Å². The van der Waals surface area contributed by atoms with E-state index in [0.29, 0.717) is 13.0 Å². The van der Waals surface area contributed by atoms with Crippen molar-refractivity contribution in [2.75, 3.05) is 46.5 Å². The number of aromatic nitrogens is 1. The van der Waals surface area contributed by atoms with Crippen LogP contribution >= 0.6 is 0 Å². The molecule has 0 saturated carbocycles. The summed E-state index contributed by atoms with van der Waals surface area (Å²) in [5, 5.41) is 0. The van der Waals surface area contributed by atoms with E-state index in [-0.39, 0.29) is 11.8 Å². The second-order valence-corrected chi connectivity index (χ2v) is 8.84. The van der Waals surface area contributed by atoms with Gasteiger partial charge < -0.3 is 14.4 Å². The molecule has 2 heterocycles. The molecule has 32 heavy (non-hydrogen) atoms. The van der Waals surface area contributed by atoms with E-state index in [0.717, 1.165) is 76.4 Å². The highest BCUT2D eigenvalue weighted by molar-refractivity contribution is 5.77. The van der Waals surface area contributed by atoms with Crippen LogP contribution in [0.4, 0.5) is 0 Å². The van der Waals surface area contributed by atoms with E-state index in [1.54, 1.807) is 19.5 Å². The summed E-state index contributed by atoms with van der Waals surface area (Å²) in [6.07, 6.45) is 8.42. The van der Waals surface area contributed by atoms with Gasteiger partial charge in [0.15, 0.2) is 0 Å².